The molecule has 0 saturated heterocycles. The van der Waals surface area contributed by atoms with E-state index in [1.165, 1.54) is 31.4 Å². The maximum Gasteiger partial charge on any atom is 0.263 e. The Morgan fingerprint density at radius 1 is 1.00 bits per heavy atom. The molecule has 0 N–H and O–H groups in total. The average molecular weight is 212 g/mol. The molecule has 0 bridgehead atoms. The Balaban J connectivity index is 2.36. The highest BCUT2D eigenvalue weighted by atomic mass is 19.3. The van der Waals surface area contributed by atoms with Crippen LogP contribution in [0.25, 0.3) is 0 Å². The zero-order valence-corrected chi connectivity index (χ0v) is 9.18. The van der Waals surface area contributed by atoms with Crippen LogP contribution in [0.2, 0.25) is 0 Å². The second-order valence-electron chi connectivity index (χ2n) is 3.85. The van der Waals surface area contributed by atoms with Crippen molar-refractivity contribution in [3.63, 3.8) is 0 Å². The van der Waals surface area contributed by atoms with E-state index in [0.29, 0.717) is 0 Å². The number of rotatable bonds is 6. The van der Waals surface area contributed by atoms with Crippen LogP contribution in [0.1, 0.15) is 50.2 Å². The first-order valence-electron chi connectivity index (χ1n) is 5.61. The van der Waals surface area contributed by atoms with E-state index in [9.17, 15) is 8.78 Å². The zero-order chi connectivity index (χ0) is 11.1. The van der Waals surface area contributed by atoms with Crippen molar-refractivity contribution < 1.29 is 8.78 Å². The minimum Gasteiger partial charge on any atom is -0.205 e. The Kier molecular flexibility index (Phi) is 5.30. The molecule has 0 saturated carbocycles. The van der Waals surface area contributed by atoms with E-state index < -0.39 is 6.43 Å². The number of aryl methyl sites for hydroxylation is 1. The highest BCUT2D eigenvalue weighted by Crippen LogP contribution is 2.19. The smallest absolute Gasteiger partial charge is 0.205 e. The van der Waals surface area contributed by atoms with E-state index in [1.54, 1.807) is 0 Å². The van der Waals surface area contributed by atoms with Gasteiger partial charge in [-0.15, -0.1) is 0 Å². The summed E-state index contributed by atoms with van der Waals surface area (Å²) in [5, 5.41) is 0. The highest BCUT2D eigenvalue weighted by molar-refractivity contribution is 5.23. The molecular formula is C13H18F2. The fourth-order valence-electron chi connectivity index (χ4n) is 1.59. The van der Waals surface area contributed by atoms with Gasteiger partial charge in [-0.3, -0.25) is 0 Å². The SMILES string of the molecule is CCCCCCc1ccc(C(F)F)cc1. The van der Waals surface area contributed by atoms with Gasteiger partial charge >= 0.3 is 0 Å². The van der Waals surface area contributed by atoms with Crippen LogP contribution in [-0.2, 0) is 6.42 Å². The third-order valence-electron chi connectivity index (χ3n) is 2.55. The van der Waals surface area contributed by atoms with Crippen LogP contribution in [0, 0.1) is 0 Å². The molecule has 0 heterocycles. The van der Waals surface area contributed by atoms with Crippen molar-refractivity contribution in [2.45, 2.75) is 45.5 Å². The molecule has 2 heteroatoms. The monoisotopic (exact) mass is 212 g/mol. The van der Waals surface area contributed by atoms with Gasteiger partial charge in [0.15, 0.2) is 0 Å². The van der Waals surface area contributed by atoms with Gasteiger partial charge in [-0.1, -0.05) is 50.5 Å². The predicted octanol–water partition coefficient (Wildman–Crippen LogP) is 4.75. The number of hydrogen-bond acceptors (Lipinski definition) is 0. The quantitative estimate of drug-likeness (QED) is 0.597. The van der Waals surface area contributed by atoms with Gasteiger partial charge in [0, 0.05) is 5.56 Å². The maximum absolute atomic E-state index is 12.3. The van der Waals surface area contributed by atoms with Gasteiger partial charge in [0.05, 0.1) is 0 Å². The van der Waals surface area contributed by atoms with Gasteiger partial charge in [-0.2, -0.15) is 0 Å². The Morgan fingerprint density at radius 2 is 1.67 bits per heavy atom. The summed E-state index contributed by atoms with van der Waals surface area (Å²) in [5.74, 6) is 0. The van der Waals surface area contributed by atoms with Crippen LogP contribution < -0.4 is 0 Å². The largest absolute Gasteiger partial charge is 0.263 e. The summed E-state index contributed by atoms with van der Waals surface area (Å²) in [6.07, 6.45) is 3.52. The summed E-state index contributed by atoms with van der Waals surface area (Å²) in [6, 6.07) is 6.68. The van der Waals surface area contributed by atoms with E-state index >= 15 is 0 Å². The lowest BCUT2D eigenvalue weighted by Gasteiger charge is -2.03. The number of unbranched alkanes of at least 4 members (excludes halogenated alkanes) is 3. The standard InChI is InChI=1S/C13H18F2/c1-2-3-4-5-6-11-7-9-12(10-8-11)13(14)15/h7-10,13H,2-6H2,1H3. The van der Waals surface area contributed by atoms with Gasteiger partial charge in [0.1, 0.15) is 0 Å². The minimum absolute atomic E-state index is 0.118. The number of halogens is 2. The molecule has 1 rings (SSSR count). The Labute approximate surface area is 90.3 Å². The molecule has 1 aromatic rings. The fraction of sp³-hybridized carbons (Fsp3) is 0.538. The van der Waals surface area contributed by atoms with Gasteiger partial charge < -0.3 is 0 Å². The first kappa shape index (κ1) is 12.2. The molecule has 84 valence electrons. The fourth-order valence-corrected chi connectivity index (χ4v) is 1.59. The van der Waals surface area contributed by atoms with E-state index in [0.717, 1.165) is 18.4 Å². The number of hydrogen-bond donors (Lipinski definition) is 0. The molecule has 0 atom stereocenters. The van der Waals surface area contributed by atoms with Crippen molar-refractivity contribution in [3.8, 4) is 0 Å². The second kappa shape index (κ2) is 6.54. The molecule has 0 fully saturated rings. The predicted molar refractivity (Wildman–Crippen MR) is 59.2 cm³/mol. The van der Waals surface area contributed by atoms with Crippen LogP contribution in [0.5, 0.6) is 0 Å². The molecule has 0 unspecified atom stereocenters. The molecule has 15 heavy (non-hydrogen) atoms. The summed E-state index contributed by atoms with van der Waals surface area (Å²) in [7, 11) is 0. The van der Waals surface area contributed by atoms with Gasteiger partial charge in [0.2, 0.25) is 0 Å². The number of alkyl halides is 2. The summed E-state index contributed by atoms with van der Waals surface area (Å²) < 4.78 is 24.5. The third kappa shape index (κ3) is 4.41. The summed E-state index contributed by atoms with van der Waals surface area (Å²) in [5.41, 5.74) is 1.28. The molecule has 0 amide bonds. The topological polar surface area (TPSA) is 0 Å². The molecule has 1 aromatic carbocycles. The van der Waals surface area contributed by atoms with Crippen molar-refractivity contribution in [3.05, 3.63) is 35.4 Å². The van der Waals surface area contributed by atoms with Crippen LogP contribution in [-0.4, -0.2) is 0 Å². The Bertz CT molecular complexity index is 264. The van der Waals surface area contributed by atoms with Crippen LogP contribution in [0.15, 0.2) is 24.3 Å². The van der Waals surface area contributed by atoms with E-state index in [1.807, 2.05) is 12.1 Å². The molecule has 0 spiro atoms. The summed E-state index contributed by atoms with van der Waals surface area (Å²) in [6.45, 7) is 2.18. The zero-order valence-electron chi connectivity index (χ0n) is 9.18. The Hall–Kier alpha value is -0.920. The van der Waals surface area contributed by atoms with Gasteiger partial charge in [-0.05, 0) is 18.4 Å². The van der Waals surface area contributed by atoms with Crippen molar-refractivity contribution in [2.24, 2.45) is 0 Å². The molecule has 0 radical (unpaired) electrons. The average Bonchev–Trinajstić information content (AvgIpc) is 2.25. The minimum atomic E-state index is -2.35. The molecule has 0 aliphatic rings. The van der Waals surface area contributed by atoms with Gasteiger partial charge in [-0.25, -0.2) is 8.78 Å². The van der Waals surface area contributed by atoms with E-state index in [4.69, 9.17) is 0 Å². The normalized spacial score (nSPS) is 10.9. The van der Waals surface area contributed by atoms with Crippen LogP contribution in [0.3, 0.4) is 0 Å². The second-order valence-corrected chi connectivity index (χ2v) is 3.85. The van der Waals surface area contributed by atoms with Crippen molar-refractivity contribution in [2.75, 3.05) is 0 Å². The highest BCUT2D eigenvalue weighted by Gasteiger charge is 2.05. The van der Waals surface area contributed by atoms with Crippen molar-refractivity contribution >= 4 is 0 Å². The van der Waals surface area contributed by atoms with Crippen LogP contribution >= 0.6 is 0 Å². The maximum atomic E-state index is 12.3. The van der Waals surface area contributed by atoms with Crippen molar-refractivity contribution in [1.82, 2.24) is 0 Å². The van der Waals surface area contributed by atoms with E-state index in [-0.39, 0.29) is 5.56 Å². The van der Waals surface area contributed by atoms with Gasteiger partial charge in [0.25, 0.3) is 6.43 Å². The summed E-state index contributed by atoms with van der Waals surface area (Å²) in [4.78, 5) is 0. The van der Waals surface area contributed by atoms with E-state index in [2.05, 4.69) is 6.92 Å². The molecular weight excluding hydrogens is 194 g/mol. The lowest BCUT2D eigenvalue weighted by Crippen LogP contribution is -1.88. The lowest BCUT2D eigenvalue weighted by molar-refractivity contribution is 0.151. The molecule has 0 aliphatic heterocycles. The first-order chi connectivity index (χ1) is 7.24. The lowest BCUT2D eigenvalue weighted by atomic mass is 10.0. The molecule has 0 nitrogen and oxygen atoms in total. The summed E-state index contributed by atoms with van der Waals surface area (Å²) >= 11 is 0. The first-order valence-corrected chi connectivity index (χ1v) is 5.61. The number of benzene rings is 1. The Morgan fingerprint density at radius 3 is 2.20 bits per heavy atom. The van der Waals surface area contributed by atoms with Crippen LogP contribution in [0.4, 0.5) is 8.78 Å². The molecule has 0 aromatic heterocycles. The van der Waals surface area contributed by atoms with Crippen molar-refractivity contribution in [1.29, 1.82) is 0 Å². The third-order valence-corrected chi connectivity index (χ3v) is 2.55. The molecule has 0 aliphatic carbocycles.